The van der Waals surface area contributed by atoms with E-state index in [1.165, 1.54) is 17.9 Å². The lowest BCUT2D eigenvalue weighted by Crippen LogP contribution is -2.00. The average molecular weight is 239 g/mol. The predicted octanol–water partition coefficient (Wildman–Crippen LogP) is 3.55. The van der Waals surface area contributed by atoms with Crippen molar-refractivity contribution in [2.75, 3.05) is 0 Å². The Hall–Kier alpha value is -2.29. The number of fused-ring (bicyclic) bond motifs is 3. The summed E-state index contributed by atoms with van der Waals surface area (Å²) >= 11 is 0. The quantitative estimate of drug-likeness (QED) is 0.521. The van der Waals surface area contributed by atoms with Gasteiger partial charge in [0.05, 0.1) is 5.52 Å². The second kappa shape index (κ2) is 3.88. The molecule has 0 amide bonds. The summed E-state index contributed by atoms with van der Waals surface area (Å²) in [5.41, 5.74) is 3.30. The van der Waals surface area contributed by atoms with Crippen LogP contribution in [0.3, 0.4) is 0 Å². The van der Waals surface area contributed by atoms with Crippen molar-refractivity contribution in [3.63, 3.8) is 0 Å². The van der Waals surface area contributed by atoms with Gasteiger partial charge in [-0.3, -0.25) is 4.79 Å². The summed E-state index contributed by atoms with van der Waals surface area (Å²) in [5, 5.41) is 2.34. The number of rotatable bonds is 1. The fourth-order valence-electron chi connectivity index (χ4n) is 2.23. The van der Waals surface area contributed by atoms with E-state index in [1.54, 1.807) is 0 Å². The highest BCUT2D eigenvalue weighted by atomic mass is 16.5. The summed E-state index contributed by atoms with van der Waals surface area (Å²) in [6.45, 7) is 3.48. The maximum atomic E-state index is 10.9. The third-order valence-electron chi connectivity index (χ3n) is 2.99. The number of H-pyrrole nitrogens is 1. The molecule has 0 spiro atoms. The number of benzene rings is 2. The first-order chi connectivity index (χ1) is 8.63. The molecule has 0 saturated heterocycles. The Labute approximate surface area is 104 Å². The molecule has 1 heterocycles. The lowest BCUT2D eigenvalue weighted by Gasteiger charge is -2.00. The lowest BCUT2D eigenvalue weighted by atomic mass is 10.1. The normalized spacial score (nSPS) is 11.0. The molecule has 3 rings (SSSR count). The Bertz CT molecular complexity index is 756. The zero-order chi connectivity index (χ0) is 12.7. The molecular weight excluding hydrogens is 226 g/mol. The molecule has 2 aromatic carbocycles. The molecular formula is C15H13NO2. The lowest BCUT2D eigenvalue weighted by molar-refractivity contribution is -0.131. The SMILES string of the molecule is CC(=O)Oc1ccc2c(c1)[nH]c1ccc(C)cc12. The van der Waals surface area contributed by atoms with Gasteiger partial charge in [0.1, 0.15) is 5.75 Å². The molecule has 3 heteroatoms. The maximum absolute atomic E-state index is 10.9. The van der Waals surface area contributed by atoms with Crippen LogP contribution in [-0.2, 0) is 4.79 Å². The molecule has 0 aliphatic heterocycles. The van der Waals surface area contributed by atoms with Crippen molar-refractivity contribution < 1.29 is 9.53 Å². The summed E-state index contributed by atoms with van der Waals surface area (Å²) in [4.78, 5) is 14.3. The fraction of sp³-hybridized carbons (Fsp3) is 0.133. The number of hydrogen-bond acceptors (Lipinski definition) is 2. The minimum atomic E-state index is -0.304. The molecule has 3 nitrogen and oxygen atoms in total. The zero-order valence-electron chi connectivity index (χ0n) is 10.3. The van der Waals surface area contributed by atoms with Crippen molar-refractivity contribution in [3.8, 4) is 5.75 Å². The van der Waals surface area contributed by atoms with Crippen LogP contribution in [0.4, 0.5) is 0 Å². The van der Waals surface area contributed by atoms with Crippen LogP contribution in [0.15, 0.2) is 36.4 Å². The smallest absolute Gasteiger partial charge is 0.308 e. The Morgan fingerprint density at radius 1 is 1.06 bits per heavy atom. The first-order valence-electron chi connectivity index (χ1n) is 5.84. The van der Waals surface area contributed by atoms with Gasteiger partial charge in [0.15, 0.2) is 0 Å². The first-order valence-corrected chi connectivity index (χ1v) is 5.84. The summed E-state index contributed by atoms with van der Waals surface area (Å²) in [6, 6.07) is 11.9. The summed E-state index contributed by atoms with van der Waals surface area (Å²) in [5.74, 6) is 0.264. The monoisotopic (exact) mass is 239 g/mol. The van der Waals surface area contributed by atoms with E-state index in [9.17, 15) is 4.79 Å². The van der Waals surface area contributed by atoms with Gasteiger partial charge in [0, 0.05) is 29.3 Å². The summed E-state index contributed by atoms with van der Waals surface area (Å²) in [6.07, 6.45) is 0. The van der Waals surface area contributed by atoms with Crippen molar-refractivity contribution in [2.24, 2.45) is 0 Å². The molecule has 0 radical (unpaired) electrons. The van der Waals surface area contributed by atoms with Crippen LogP contribution in [0.25, 0.3) is 21.8 Å². The van der Waals surface area contributed by atoms with E-state index in [0.717, 1.165) is 16.4 Å². The molecule has 90 valence electrons. The molecule has 0 saturated carbocycles. The molecule has 0 aliphatic carbocycles. The van der Waals surface area contributed by atoms with E-state index in [0.29, 0.717) is 5.75 Å². The Morgan fingerprint density at radius 3 is 2.67 bits per heavy atom. The van der Waals surface area contributed by atoms with Gasteiger partial charge in [-0.25, -0.2) is 0 Å². The van der Waals surface area contributed by atoms with Gasteiger partial charge in [-0.05, 0) is 31.2 Å². The highest BCUT2D eigenvalue weighted by molar-refractivity contribution is 6.07. The molecule has 0 aliphatic rings. The van der Waals surface area contributed by atoms with Crippen LogP contribution in [0.2, 0.25) is 0 Å². The number of aromatic nitrogens is 1. The van der Waals surface area contributed by atoms with E-state index in [1.807, 2.05) is 18.2 Å². The third-order valence-corrected chi connectivity index (χ3v) is 2.99. The number of hydrogen-bond donors (Lipinski definition) is 1. The van der Waals surface area contributed by atoms with E-state index in [4.69, 9.17) is 4.74 Å². The third kappa shape index (κ3) is 1.74. The molecule has 3 aromatic rings. The molecule has 0 fully saturated rings. The Balaban J connectivity index is 2.23. The van der Waals surface area contributed by atoms with Crippen LogP contribution < -0.4 is 4.74 Å². The Kier molecular flexibility index (Phi) is 2.33. The topological polar surface area (TPSA) is 42.1 Å². The van der Waals surface area contributed by atoms with E-state index >= 15 is 0 Å². The average Bonchev–Trinajstić information content (AvgIpc) is 2.65. The van der Waals surface area contributed by atoms with Crippen LogP contribution in [0.1, 0.15) is 12.5 Å². The highest BCUT2D eigenvalue weighted by Gasteiger charge is 2.06. The molecule has 0 bridgehead atoms. The van der Waals surface area contributed by atoms with Gasteiger partial charge >= 0.3 is 5.97 Å². The largest absolute Gasteiger partial charge is 0.427 e. The zero-order valence-corrected chi connectivity index (χ0v) is 10.3. The van der Waals surface area contributed by atoms with Gasteiger partial charge in [-0.15, -0.1) is 0 Å². The standard InChI is InChI=1S/C15H13NO2/c1-9-3-6-14-13(7-9)12-5-4-11(18-10(2)17)8-15(12)16-14/h3-8,16H,1-2H3. The van der Waals surface area contributed by atoms with Gasteiger partial charge in [0.2, 0.25) is 0 Å². The second-order valence-corrected chi connectivity index (χ2v) is 4.48. The van der Waals surface area contributed by atoms with Gasteiger partial charge in [0.25, 0.3) is 0 Å². The Morgan fingerprint density at radius 2 is 1.89 bits per heavy atom. The van der Waals surface area contributed by atoms with Crippen LogP contribution >= 0.6 is 0 Å². The number of nitrogens with one attached hydrogen (secondary N) is 1. The summed E-state index contributed by atoms with van der Waals surface area (Å²) in [7, 11) is 0. The van der Waals surface area contributed by atoms with Gasteiger partial charge in [-0.2, -0.15) is 0 Å². The highest BCUT2D eigenvalue weighted by Crippen LogP contribution is 2.28. The van der Waals surface area contributed by atoms with Crippen molar-refractivity contribution in [1.82, 2.24) is 4.98 Å². The molecule has 1 aromatic heterocycles. The number of aromatic amines is 1. The van der Waals surface area contributed by atoms with E-state index in [-0.39, 0.29) is 5.97 Å². The van der Waals surface area contributed by atoms with Crippen molar-refractivity contribution in [2.45, 2.75) is 13.8 Å². The van der Waals surface area contributed by atoms with Gasteiger partial charge in [-0.1, -0.05) is 11.6 Å². The molecule has 1 N–H and O–H groups in total. The van der Waals surface area contributed by atoms with Crippen LogP contribution in [0, 0.1) is 6.92 Å². The van der Waals surface area contributed by atoms with Crippen molar-refractivity contribution in [3.05, 3.63) is 42.0 Å². The van der Waals surface area contributed by atoms with Crippen LogP contribution in [-0.4, -0.2) is 11.0 Å². The molecule has 0 atom stereocenters. The number of aryl methyl sites for hydroxylation is 1. The first kappa shape index (κ1) is 10.8. The number of esters is 1. The van der Waals surface area contributed by atoms with Gasteiger partial charge < -0.3 is 9.72 Å². The molecule has 0 unspecified atom stereocenters. The number of carbonyl (C=O) groups is 1. The van der Waals surface area contributed by atoms with Crippen LogP contribution in [0.5, 0.6) is 5.75 Å². The van der Waals surface area contributed by atoms with E-state index in [2.05, 4.69) is 30.1 Å². The fourth-order valence-corrected chi connectivity index (χ4v) is 2.23. The minimum Gasteiger partial charge on any atom is -0.427 e. The second-order valence-electron chi connectivity index (χ2n) is 4.48. The van der Waals surface area contributed by atoms with E-state index < -0.39 is 0 Å². The predicted molar refractivity (Wildman–Crippen MR) is 71.9 cm³/mol. The maximum Gasteiger partial charge on any atom is 0.308 e. The summed E-state index contributed by atoms with van der Waals surface area (Å²) < 4.78 is 5.08. The number of ether oxygens (including phenoxy) is 1. The number of carbonyl (C=O) groups excluding carboxylic acids is 1. The minimum absolute atomic E-state index is 0.304. The van der Waals surface area contributed by atoms with Crippen molar-refractivity contribution >= 4 is 27.8 Å². The molecule has 18 heavy (non-hydrogen) atoms. The van der Waals surface area contributed by atoms with Crippen molar-refractivity contribution in [1.29, 1.82) is 0 Å².